The van der Waals surface area contributed by atoms with E-state index in [2.05, 4.69) is 40.4 Å². The highest BCUT2D eigenvalue weighted by Gasteiger charge is 2.40. The first-order valence-corrected chi connectivity index (χ1v) is 11.9. The molecular formula is C20H31NO5Si. The molecule has 1 aromatic carbocycles. The summed E-state index contributed by atoms with van der Waals surface area (Å²) in [5.74, 6) is -0.132. The van der Waals surface area contributed by atoms with Gasteiger partial charge in [-0.25, -0.2) is 0 Å². The quantitative estimate of drug-likeness (QED) is 0.278. The van der Waals surface area contributed by atoms with E-state index in [0.29, 0.717) is 5.57 Å². The van der Waals surface area contributed by atoms with Crippen LogP contribution in [0.5, 0.6) is 0 Å². The summed E-state index contributed by atoms with van der Waals surface area (Å²) < 4.78 is 6.45. The van der Waals surface area contributed by atoms with Crippen molar-refractivity contribution in [3.63, 3.8) is 0 Å². The normalized spacial score (nSPS) is 14.5. The number of carbonyl (C=O) groups is 1. The van der Waals surface area contributed by atoms with Crippen molar-refractivity contribution in [2.45, 2.75) is 70.9 Å². The van der Waals surface area contributed by atoms with Crippen LogP contribution in [0.15, 0.2) is 36.4 Å². The van der Waals surface area contributed by atoms with Crippen LogP contribution in [0.3, 0.4) is 0 Å². The van der Waals surface area contributed by atoms with Crippen LogP contribution in [0.25, 0.3) is 0 Å². The minimum atomic E-state index is -2.18. The van der Waals surface area contributed by atoms with Crippen LogP contribution in [0, 0.1) is 10.1 Å². The number of nitro benzene ring substituents is 1. The Morgan fingerprint density at radius 2 is 1.78 bits per heavy atom. The number of hydrogen-bond donors (Lipinski definition) is 1. The molecule has 0 bridgehead atoms. The number of hydrogen-bond acceptors (Lipinski definition) is 5. The first-order chi connectivity index (χ1) is 12.2. The van der Waals surface area contributed by atoms with Crippen molar-refractivity contribution < 1.29 is 19.3 Å². The van der Waals surface area contributed by atoms with E-state index >= 15 is 0 Å². The van der Waals surface area contributed by atoms with Gasteiger partial charge in [-0.15, -0.1) is 0 Å². The Kier molecular flexibility index (Phi) is 7.65. The van der Waals surface area contributed by atoms with E-state index < -0.39 is 25.4 Å². The molecule has 0 aliphatic heterocycles. The molecule has 150 valence electrons. The van der Waals surface area contributed by atoms with Gasteiger partial charge in [0.1, 0.15) is 5.78 Å². The number of Topliss-reactive ketones (excluding diaryl/α,β-unsaturated/α-hetero) is 1. The van der Waals surface area contributed by atoms with E-state index in [1.807, 2.05) is 0 Å². The van der Waals surface area contributed by atoms with Crippen molar-refractivity contribution in [1.29, 1.82) is 0 Å². The molecule has 1 aromatic rings. The lowest BCUT2D eigenvalue weighted by molar-refractivity contribution is -0.384. The smallest absolute Gasteiger partial charge is 0.269 e. The molecule has 0 saturated carbocycles. The maximum atomic E-state index is 12.5. The Morgan fingerprint density at radius 3 is 2.19 bits per heavy atom. The number of ketones is 1. The van der Waals surface area contributed by atoms with E-state index in [1.165, 1.54) is 12.1 Å². The Morgan fingerprint density at radius 1 is 1.26 bits per heavy atom. The number of rotatable bonds is 9. The van der Waals surface area contributed by atoms with E-state index in [9.17, 15) is 20.0 Å². The van der Waals surface area contributed by atoms with Gasteiger partial charge in [0, 0.05) is 25.0 Å². The van der Waals surface area contributed by atoms with E-state index in [1.54, 1.807) is 19.1 Å². The monoisotopic (exact) mass is 393 g/mol. The molecule has 0 aromatic heterocycles. The van der Waals surface area contributed by atoms with E-state index in [4.69, 9.17) is 4.43 Å². The summed E-state index contributed by atoms with van der Waals surface area (Å²) in [6.07, 6.45) is -1.28. The first-order valence-electron chi connectivity index (χ1n) is 9.02. The predicted octanol–water partition coefficient (Wildman–Crippen LogP) is 4.94. The Labute approximate surface area is 162 Å². The summed E-state index contributed by atoms with van der Waals surface area (Å²) in [6, 6.07) is 6.12. The molecule has 0 spiro atoms. The van der Waals surface area contributed by atoms with Gasteiger partial charge in [-0.05, 0) is 42.8 Å². The zero-order valence-electron chi connectivity index (χ0n) is 17.1. The SMILES string of the molecule is C=C(C)[C@@H](O)CC(=O)C[C@H](O[Si](C)(C)C(C)(C)C)c1ccc([N+](=O)[O-])cc1. The molecule has 0 aliphatic carbocycles. The molecule has 1 rings (SSSR count). The lowest BCUT2D eigenvalue weighted by Crippen LogP contribution is -2.42. The molecule has 0 radical (unpaired) electrons. The van der Waals surface area contributed by atoms with Gasteiger partial charge in [0.25, 0.3) is 5.69 Å². The van der Waals surface area contributed by atoms with Gasteiger partial charge in [0.15, 0.2) is 8.32 Å². The van der Waals surface area contributed by atoms with Crippen LogP contribution in [0.1, 0.15) is 52.2 Å². The maximum Gasteiger partial charge on any atom is 0.269 e. The van der Waals surface area contributed by atoms with Crippen molar-refractivity contribution in [3.8, 4) is 0 Å². The highest BCUT2D eigenvalue weighted by molar-refractivity contribution is 6.74. The van der Waals surface area contributed by atoms with Crippen LogP contribution in [-0.2, 0) is 9.22 Å². The molecule has 27 heavy (non-hydrogen) atoms. The van der Waals surface area contributed by atoms with Crippen LogP contribution < -0.4 is 0 Å². The molecule has 0 amide bonds. The lowest BCUT2D eigenvalue weighted by atomic mass is 9.99. The predicted molar refractivity (Wildman–Crippen MR) is 109 cm³/mol. The molecule has 0 fully saturated rings. The molecular weight excluding hydrogens is 362 g/mol. The summed E-state index contributed by atoms with van der Waals surface area (Å²) in [7, 11) is -2.18. The molecule has 0 saturated heterocycles. The highest BCUT2D eigenvalue weighted by atomic mass is 28.4. The first kappa shape index (κ1) is 23.2. The molecule has 6 nitrogen and oxygen atoms in total. The summed E-state index contributed by atoms with van der Waals surface area (Å²) in [4.78, 5) is 22.9. The third-order valence-corrected chi connectivity index (χ3v) is 9.61. The van der Waals surface area contributed by atoms with Gasteiger partial charge < -0.3 is 9.53 Å². The summed E-state index contributed by atoms with van der Waals surface area (Å²) >= 11 is 0. The zero-order valence-corrected chi connectivity index (χ0v) is 18.1. The number of aliphatic hydroxyl groups is 1. The fourth-order valence-electron chi connectivity index (χ4n) is 2.25. The third-order valence-electron chi connectivity index (χ3n) is 5.12. The summed E-state index contributed by atoms with van der Waals surface area (Å²) in [5.41, 5.74) is 1.26. The maximum absolute atomic E-state index is 12.5. The van der Waals surface area contributed by atoms with Crippen molar-refractivity contribution in [3.05, 3.63) is 52.1 Å². The molecule has 0 heterocycles. The Hall–Kier alpha value is -1.83. The van der Waals surface area contributed by atoms with Gasteiger partial charge in [0.2, 0.25) is 0 Å². The minimum absolute atomic E-state index is 0.00569. The topological polar surface area (TPSA) is 89.7 Å². The van der Waals surface area contributed by atoms with Crippen LogP contribution in [0.4, 0.5) is 5.69 Å². The third kappa shape index (κ3) is 6.68. The molecule has 7 heteroatoms. The van der Waals surface area contributed by atoms with Crippen molar-refractivity contribution in [1.82, 2.24) is 0 Å². The summed E-state index contributed by atoms with van der Waals surface area (Å²) in [5, 5.41) is 20.8. The van der Waals surface area contributed by atoms with Gasteiger partial charge in [-0.1, -0.05) is 32.9 Å². The highest BCUT2D eigenvalue weighted by Crippen LogP contribution is 2.40. The van der Waals surface area contributed by atoms with E-state index in [0.717, 1.165) is 5.56 Å². The van der Waals surface area contributed by atoms with Crippen LogP contribution in [0.2, 0.25) is 18.1 Å². The number of aliphatic hydroxyl groups excluding tert-OH is 1. The number of non-ortho nitro benzene ring substituents is 1. The zero-order chi connectivity index (χ0) is 21.0. The standard InChI is InChI=1S/C20H31NO5Si/c1-14(2)18(23)12-17(22)13-19(26-27(6,7)20(3,4)5)15-8-10-16(11-9-15)21(24)25/h8-11,18-19,23H,1,12-13H2,2-7H3/t18-,19-/m0/s1. The Bertz CT molecular complexity index is 691. The number of nitrogens with zero attached hydrogens (tertiary/aromatic N) is 1. The minimum Gasteiger partial charge on any atom is -0.409 e. The van der Waals surface area contributed by atoms with Gasteiger partial charge in [-0.3, -0.25) is 14.9 Å². The van der Waals surface area contributed by atoms with Gasteiger partial charge in [0.05, 0.1) is 17.1 Å². The fraction of sp³-hybridized carbons (Fsp3) is 0.550. The average molecular weight is 394 g/mol. The van der Waals surface area contributed by atoms with E-state index in [-0.39, 0.29) is 29.4 Å². The average Bonchev–Trinajstić information content (AvgIpc) is 2.52. The van der Waals surface area contributed by atoms with Crippen LogP contribution >= 0.6 is 0 Å². The fourth-order valence-corrected chi connectivity index (χ4v) is 3.53. The second-order valence-electron chi connectivity index (χ2n) is 8.52. The van der Waals surface area contributed by atoms with Crippen molar-refractivity contribution in [2.75, 3.05) is 0 Å². The largest absolute Gasteiger partial charge is 0.409 e. The second kappa shape index (κ2) is 8.90. The van der Waals surface area contributed by atoms with Crippen LogP contribution in [-0.4, -0.2) is 30.2 Å². The van der Waals surface area contributed by atoms with Crippen molar-refractivity contribution in [2.24, 2.45) is 0 Å². The summed E-state index contributed by atoms with van der Waals surface area (Å²) in [6.45, 7) is 15.9. The number of nitro groups is 1. The molecule has 0 unspecified atom stereocenters. The molecule has 0 aliphatic rings. The second-order valence-corrected chi connectivity index (χ2v) is 13.3. The number of benzene rings is 1. The number of carbonyl (C=O) groups excluding carboxylic acids is 1. The van der Waals surface area contributed by atoms with Gasteiger partial charge >= 0.3 is 0 Å². The lowest BCUT2D eigenvalue weighted by Gasteiger charge is -2.39. The Balaban J connectivity index is 3.10. The molecule has 1 N–H and O–H groups in total. The van der Waals surface area contributed by atoms with Crippen molar-refractivity contribution >= 4 is 19.8 Å². The molecule has 2 atom stereocenters. The van der Waals surface area contributed by atoms with Gasteiger partial charge in [-0.2, -0.15) is 0 Å².